The van der Waals surface area contributed by atoms with Crippen LogP contribution < -0.4 is 14.2 Å². The molecule has 43 heavy (non-hydrogen) atoms. The summed E-state index contributed by atoms with van der Waals surface area (Å²) >= 11 is 0. The molecule has 0 fully saturated rings. The highest BCUT2D eigenvalue weighted by molar-refractivity contribution is 5.91. The Labute approximate surface area is 247 Å². The van der Waals surface area contributed by atoms with Crippen LogP contribution in [0.3, 0.4) is 0 Å². The third-order valence-electron chi connectivity index (χ3n) is 5.05. The first-order valence-electron chi connectivity index (χ1n) is 12.6. The molecule has 0 heterocycles. The van der Waals surface area contributed by atoms with E-state index >= 15 is 0 Å². The number of esters is 5. The Morgan fingerprint density at radius 2 is 0.907 bits per heavy atom. The molecular weight excluding hydrogens is 564 g/mol. The molecule has 2 rings (SSSR count). The second-order valence-corrected chi connectivity index (χ2v) is 8.20. The second-order valence-electron chi connectivity index (χ2n) is 8.20. The first kappa shape index (κ1) is 33.6. The van der Waals surface area contributed by atoms with E-state index in [0.717, 1.165) is 24.3 Å². The van der Waals surface area contributed by atoms with Crippen molar-refractivity contribution in [2.24, 2.45) is 0 Å². The van der Waals surface area contributed by atoms with E-state index in [1.54, 1.807) is 0 Å². The molecule has 0 spiro atoms. The van der Waals surface area contributed by atoms with Gasteiger partial charge in [-0.05, 0) is 48.5 Å². The van der Waals surface area contributed by atoms with E-state index in [2.05, 4.69) is 26.3 Å². The highest BCUT2D eigenvalue weighted by atomic mass is 16.6. The van der Waals surface area contributed by atoms with Gasteiger partial charge >= 0.3 is 29.8 Å². The Balaban J connectivity index is 1.90. The van der Waals surface area contributed by atoms with E-state index in [9.17, 15) is 24.0 Å². The van der Waals surface area contributed by atoms with Gasteiger partial charge in [-0.3, -0.25) is 0 Å². The summed E-state index contributed by atoms with van der Waals surface area (Å²) in [7, 11) is 0. The largest absolute Gasteiger partial charge is 0.490 e. The van der Waals surface area contributed by atoms with Crippen LogP contribution in [0.1, 0.15) is 10.4 Å². The van der Waals surface area contributed by atoms with Crippen molar-refractivity contribution >= 4 is 29.8 Å². The van der Waals surface area contributed by atoms with Gasteiger partial charge in [0.05, 0.1) is 5.56 Å². The Bertz CT molecular complexity index is 1310. The van der Waals surface area contributed by atoms with Crippen molar-refractivity contribution in [1.29, 1.82) is 0 Å². The molecule has 2 unspecified atom stereocenters. The summed E-state index contributed by atoms with van der Waals surface area (Å²) in [5.74, 6) is -2.49. The summed E-state index contributed by atoms with van der Waals surface area (Å²) in [5.41, 5.74) is 0.225. The molecule has 226 valence electrons. The minimum absolute atomic E-state index is 0.130. The standard InChI is InChI=1S/C31H30O12/c1-5-27(32)39-19-25(41-29(34)7-3)17-37-22-11-9-21(10-12-22)31(36)43-24-15-13-23(14-16-24)38-18-26(42-30(35)8-4)20-40-28(33)6-2/h5-16,25-26H,1-4,17-20H2. The molecule has 0 bridgehead atoms. The van der Waals surface area contributed by atoms with Gasteiger partial charge in [-0.2, -0.15) is 0 Å². The Hall–Kier alpha value is -5.65. The third kappa shape index (κ3) is 12.6. The average molecular weight is 595 g/mol. The molecule has 0 aliphatic carbocycles. The van der Waals surface area contributed by atoms with Crippen LogP contribution in [-0.4, -0.2) is 68.5 Å². The lowest BCUT2D eigenvalue weighted by Crippen LogP contribution is -2.30. The SMILES string of the molecule is C=CC(=O)OCC(COc1ccc(OC(=O)c2ccc(OCC(COC(=O)C=C)OC(=O)C=C)cc2)cc1)OC(=O)C=C. The fourth-order valence-corrected chi connectivity index (χ4v) is 2.96. The molecule has 0 aliphatic rings. The maximum atomic E-state index is 12.6. The molecule has 0 saturated carbocycles. The van der Waals surface area contributed by atoms with Crippen molar-refractivity contribution in [3.63, 3.8) is 0 Å². The van der Waals surface area contributed by atoms with Crippen molar-refractivity contribution < 1.29 is 57.1 Å². The van der Waals surface area contributed by atoms with Crippen molar-refractivity contribution in [2.45, 2.75) is 12.2 Å². The van der Waals surface area contributed by atoms with Gasteiger partial charge in [0.25, 0.3) is 0 Å². The molecule has 12 nitrogen and oxygen atoms in total. The average Bonchev–Trinajstić information content (AvgIpc) is 3.03. The third-order valence-corrected chi connectivity index (χ3v) is 5.05. The number of hydrogen-bond donors (Lipinski definition) is 0. The van der Waals surface area contributed by atoms with Crippen LogP contribution in [0.15, 0.2) is 99.2 Å². The number of carbonyl (C=O) groups excluding carboxylic acids is 5. The molecule has 12 heteroatoms. The predicted octanol–water partition coefficient (Wildman–Crippen LogP) is 3.32. The van der Waals surface area contributed by atoms with Gasteiger partial charge in [-0.25, -0.2) is 24.0 Å². The lowest BCUT2D eigenvalue weighted by Gasteiger charge is -2.17. The smallest absolute Gasteiger partial charge is 0.343 e. The van der Waals surface area contributed by atoms with Gasteiger partial charge in [-0.15, -0.1) is 0 Å². The fourth-order valence-electron chi connectivity index (χ4n) is 2.96. The summed E-state index contributed by atoms with van der Waals surface area (Å²) in [6.45, 7) is 12.5. The lowest BCUT2D eigenvalue weighted by molar-refractivity contribution is -0.154. The summed E-state index contributed by atoms with van der Waals surface area (Å²) < 4.78 is 36.6. The van der Waals surface area contributed by atoms with Gasteiger partial charge < -0.3 is 33.2 Å². The zero-order valence-corrected chi connectivity index (χ0v) is 23.1. The minimum atomic E-state index is -0.908. The van der Waals surface area contributed by atoms with E-state index in [1.807, 2.05) is 0 Å². The Morgan fingerprint density at radius 1 is 0.535 bits per heavy atom. The zero-order valence-electron chi connectivity index (χ0n) is 23.1. The maximum absolute atomic E-state index is 12.6. The number of benzene rings is 2. The highest BCUT2D eigenvalue weighted by Gasteiger charge is 2.18. The van der Waals surface area contributed by atoms with Crippen LogP contribution in [-0.2, 0) is 38.1 Å². The second kappa shape index (κ2) is 17.9. The Kier molecular flexibility index (Phi) is 14.0. The predicted molar refractivity (Wildman–Crippen MR) is 151 cm³/mol. The van der Waals surface area contributed by atoms with E-state index in [1.165, 1.54) is 48.5 Å². The van der Waals surface area contributed by atoms with Crippen LogP contribution in [0.2, 0.25) is 0 Å². The minimum Gasteiger partial charge on any atom is -0.490 e. The zero-order chi connectivity index (χ0) is 31.6. The van der Waals surface area contributed by atoms with Crippen molar-refractivity contribution in [3.05, 3.63) is 105 Å². The van der Waals surface area contributed by atoms with Crippen LogP contribution in [0.5, 0.6) is 17.2 Å². The van der Waals surface area contributed by atoms with Crippen molar-refractivity contribution in [2.75, 3.05) is 26.4 Å². The van der Waals surface area contributed by atoms with E-state index in [4.69, 9.17) is 33.2 Å². The quantitative estimate of drug-likeness (QED) is 0.108. The van der Waals surface area contributed by atoms with Crippen LogP contribution in [0.25, 0.3) is 0 Å². The summed E-state index contributed by atoms with van der Waals surface area (Å²) in [4.78, 5) is 58.3. The molecule has 0 saturated heterocycles. The molecule has 0 N–H and O–H groups in total. The van der Waals surface area contributed by atoms with Gasteiger partial charge in [0.2, 0.25) is 0 Å². The van der Waals surface area contributed by atoms with Gasteiger partial charge in [-0.1, -0.05) is 26.3 Å². The van der Waals surface area contributed by atoms with Crippen molar-refractivity contribution in [1.82, 2.24) is 0 Å². The van der Waals surface area contributed by atoms with E-state index in [-0.39, 0.29) is 37.7 Å². The first-order valence-corrected chi connectivity index (χ1v) is 12.6. The first-order chi connectivity index (χ1) is 20.7. The highest BCUT2D eigenvalue weighted by Crippen LogP contribution is 2.20. The molecule has 0 aromatic heterocycles. The van der Waals surface area contributed by atoms with Gasteiger partial charge in [0.1, 0.15) is 43.7 Å². The maximum Gasteiger partial charge on any atom is 0.343 e. The molecule has 0 radical (unpaired) electrons. The van der Waals surface area contributed by atoms with E-state index < -0.39 is 42.1 Å². The molecule has 2 aromatic carbocycles. The lowest BCUT2D eigenvalue weighted by atomic mass is 10.2. The summed E-state index contributed by atoms with van der Waals surface area (Å²) in [5, 5.41) is 0. The van der Waals surface area contributed by atoms with E-state index in [0.29, 0.717) is 11.5 Å². The van der Waals surface area contributed by atoms with Gasteiger partial charge in [0.15, 0.2) is 12.2 Å². The monoisotopic (exact) mass is 594 g/mol. The molecule has 2 atom stereocenters. The summed E-state index contributed by atoms with van der Waals surface area (Å²) in [6.07, 6.45) is 2.08. The fraction of sp³-hybridized carbons (Fsp3) is 0.194. The van der Waals surface area contributed by atoms with Crippen LogP contribution >= 0.6 is 0 Å². The normalized spacial score (nSPS) is 11.3. The van der Waals surface area contributed by atoms with Crippen LogP contribution in [0, 0.1) is 0 Å². The molecule has 0 aliphatic heterocycles. The van der Waals surface area contributed by atoms with Gasteiger partial charge in [0, 0.05) is 24.3 Å². The Morgan fingerprint density at radius 3 is 1.30 bits per heavy atom. The summed E-state index contributed by atoms with van der Waals surface area (Å²) in [6, 6.07) is 12.0. The molecule has 0 amide bonds. The number of ether oxygens (including phenoxy) is 7. The molecule has 2 aromatic rings. The number of rotatable bonds is 18. The molecular formula is C31H30O12. The number of hydrogen-bond acceptors (Lipinski definition) is 12. The topological polar surface area (TPSA) is 150 Å². The number of carbonyl (C=O) groups is 5. The van der Waals surface area contributed by atoms with Crippen molar-refractivity contribution in [3.8, 4) is 17.2 Å². The van der Waals surface area contributed by atoms with Crippen LogP contribution in [0.4, 0.5) is 0 Å².